The Labute approximate surface area is 353 Å². The monoisotopic (exact) mass is 800 g/mol. The highest BCUT2D eigenvalue weighted by atomic mass is 16.5. The van der Waals surface area contributed by atoms with Gasteiger partial charge in [-0.05, 0) is 83.5 Å². The molecule has 0 radical (unpaired) electrons. The highest BCUT2D eigenvalue weighted by Gasteiger charge is 2.20. The number of amides is 1. The molecule has 6 nitrogen and oxygen atoms in total. The van der Waals surface area contributed by atoms with E-state index in [2.05, 4.69) is 67.8 Å². The van der Waals surface area contributed by atoms with Crippen LogP contribution in [0.25, 0.3) is 0 Å². The smallest absolute Gasteiger partial charge is 0.305 e. The summed E-state index contributed by atoms with van der Waals surface area (Å²) < 4.78 is 5.42. The van der Waals surface area contributed by atoms with Gasteiger partial charge in [-0.25, -0.2) is 0 Å². The van der Waals surface area contributed by atoms with Gasteiger partial charge in [0.25, 0.3) is 0 Å². The Hall–Kier alpha value is -2.18. The maximum Gasteiger partial charge on any atom is 0.305 e. The number of nitrogens with one attached hydrogen (secondary N) is 1. The average molecular weight is 800 g/mol. The predicted octanol–water partition coefficient (Wildman–Crippen LogP) is 14.3. The van der Waals surface area contributed by atoms with Crippen molar-refractivity contribution < 1.29 is 24.5 Å². The molecule has 0 aliphatic rings. The number of aliphatic hydroxyl groups is 2. The third kappa shape index (κ3) is 43.2. The quantitative estimate of drug-likeness (QED) is 0.0247. The summed E-state index contributed by atoms with van der Waals surface area (Å²) in [5.41, 5.74) is 0. The van der Waals surface area contributed by atoms with Crippen molar-refractivity contribution in [2.75, 3.05) is 13.2 Å². The molecular weight excluding hydrogens is 707 g/mol. The first-order chi connectivity index (χ1) is 28.0. The molecule has 0 rings (SSSR count). The number of hydrogen-bond donors (Lipinski definition) is 3. The van der Waals surface area contributed by atoms with Crippen molar-refractivity contribution in [2.24, 2.45) is 0 Å². The number of ether oxygens (including phenoxy) is 1. The minimum atomic E-state index is -0.678. The van der Waals surface area contributed by atoms with Gasteiger partial charge in [-0.3, -0.25) is 9.59 Å². The number of allylic oxidation sites excluding steroid dienone is 8. The van der Waals surface area contributed by atoms with E-state index in [4.69, 9.17) is 4.74 Å². The summed E-state index contributed by atoms with van der Waals surface area (Å²) in [5, 5.41) is 23.1. The molecule has 6 heteroatoms. The zero-order valence-electron chi connectivity index (χ0n) is 37.6. The molecule has 1 amide bonds. The second-order valence-corrected chi connectivity index (χ2v) is 16.5. The summed E-state index contributed by atoms with van der Waals surface area (Å²) in [5.74, 6) is -0.0986. The van der Waals surface area contributed by atoms with Crippen LogP contribution < -0.4 is 5.32 Å². The van der Waals surface area contributed by atoms with Gasteiger partial charge < -0.3 is 20.3 Å². The highest BCUT2D eigenvalue weighted by Crippen LogP contribution is 2.15. The Bertz CT molecular complexity index is 973. The van der Waals surface area contributed by atoms with E-state index in [1.165, 1.54) is 116 Å². The third-order valence-electron chi connectivity index (χ3n) is 10.9. The van der Waals surface area contributed by atoms with Crippen molar-refractivity contribution in [2.45, 2.75) is 251 Å². The minimum Gasteiger partial charge on any atom is -0.466 e. The second-order valence-electron chi connectivity index (χ2n) is 16.5. The number of hydrogen-bond acceptors (Lipinski definition) is 5. The van der Waals surface area contributed by atoms with Crippen LogP contribution >= 0.6 is 0 Å². The van der Waals surface area contributed by atoms with E-state index < -0.39 is 12.1 Å². The molecule has 0 aromatic heterocycles. The van der Waals surface area contributed by atoms with E-state index in [0.29, 0.717) is 25.9 Å². The molecule has 0 fully saturated rings. The van der Waals surface area contributed by atoms with Crippen LogP contribution in [0.5, 0.6) is 0 Å². The minimum absolute atomic E-state index is 0.0381. The second kappa shape index (κ2) is 46.5. The van der Waals surface area contributed by atoms with Gasteiger partial charge in [0.2, 0.25) is 5.91 Å². The standard InChI is InChI=1S/C51H93NO5/c1-3-5-7-9-11-13-15-20-25-29-33-37-41-45-51(56)57-46-42-38-34-30-26-22-19-17-18-21-24-28-32-36-40-44-50(55)52-48(47-53)49(54)43-39-35-31-27-23-16-14-12-10-8-6-4-2/h7,9,13,15,17,19,22,26,48-49,53-54H,3-6,8,10-12,14,16,18,20-21,23-25,27-47H2,1-2H3,(H,52,55)/b9-7-,15-13-,19-17-,26-22-. The van der Waals surface area contributed by atoms with E-state index in [1.807, 2.05) is 0 Å². The molecule has 0 spiro atoms. The summed E-state index contributed by atoms with van der Waals surface area (Å²) in [6.07, 6.45) is 56.4. The Morgan fingerprint density at radius 2 is 0.965 bits per heavy atom. The number of unbranched alkanes of at least 4 members (excludes halogenated alkanes) is 26. The van der Waals surface area contributed by atoms with Gasteiger partial charge >= 0.3 is 5.97 Å². The van der Waals surface area contributed by atoms with Crippen molar-refractivity contribution in [1.82, 2.24) is 5.32 Å². The van der Waals surface area contributed by atoms with Crippen LogP contribution in [0.4, 0.5) is 0 Å². The van der Waals surface area contributed by atoms with E-state index in [0.717, 1.165) is 89.9 Å². The van der Waals surface area contributed by atoms with Crippen molar-refractivity contribution in [3.63, 3.8) is 0 Å². The van der Waals surface area contributed by atoms with Gasteiger partial charge in [0, 0.05) is 12.8 Å². The fraction of sp³-hybridized carbons (Fsp3) is 0.804. The van der Waals surface area contributed by atoms with E-state index in [1.54, 1.807) is 0 Å². The first kappa shape index (κ1) is 54.8. The molecular formula is C51H93NO5. The van der Waals surface area contributed by atoms with E-state index in [9.17, 15) is 19.8 Å². The maximum absolute atomic E-state index is 12.4. The molecule has 0 aliphatic carbocycles. The number of aliphatic hydroxyl groups excluding tert-OH is 2. The summed E-state index contributed by atoms with van der Waals surface area (Å²) in [6, 6.07) is -0.558. The number of esters is 1. The average Bonchev–Trinajstić information content (AvgIpc) is 3.21. The lowest BCUT2D eigenvalue weighted by Crippen LogP contribution is -2.45. The molecule has 0 saturated heterocycles. The highest BCUT2D eigenvalue weighted by molar-refractivity contribution is 5.76. The Balaban J connectivity index is 3.55. The fourth-order valence-corrected chi connectivity index (χ4v) is 7.08. The molecule has 2 atom stereocenters. The maximum atomic E-state index is 12.4. The van der Waals surface area contributed by atoms with Gasteiger partial charge in [-0.1, -0.05) is 191 Å². The van der Waals surface area contributed by atoms with Crippen molar-refractivity contribution in [3.8, 4) is 0 Å². The molecule has 57 heavy (non-hydrogen) atoms. The zero-order chi connectivity index (χ0) is 41.5. The Morgan fingerprint density at radius 3 is 1.51 bits per heavy atom. The van der Waals surface area contributed by atoms with Crippen molar-refractivity contribution >= 4 is 11.9 Å². The molecule has 2 unspecified atom stereocenters. The van der Waals surface area contributed by atoms with Crippen LogP contribution in [0.2, 0.25) is 0 Å². The normalized spacial score (nSPS) is 13.1. The van der Waals surface area contributed by atoms with Gasteiger partial charge in [0.1, 0.15) is 0 Å². The topological polar surface area (TPSA) is 95.9 Å². The molecule has 0 bridgehead atoms. The van der Waals surface area contributed by atoms with Crippen LogP contribution in [0.3, 0.4) is 0 Å². The van der Waals surface area contributed by atoms with E-state index in [-0.39, 0.29) is 18.5 Å². The first-order valence-corrected chi connectivity index (χ1v) is 24.4. The van der Waals surface area contributed by atoms with Crippen LogP contribution in [0.15, 0.2) is 48.6 Å². The van der Waals surface area contributed by atoms with Crippen molar-refractivity contribution in [1.29, 1.82) is 0 Å². The summed E-state index contributed by atoms with van der Waals surface area (Å²) in [7, 11) is 0. The summed E-state index contributed by atoms with van der Waals surface area (Å²) in [6.45, 7) is 4.80. The Morgan fingerprint density at radius 1 is 0.509 bits per heavy atom. The van der Waals surface area contributed by atoms with Crippen LogP contribution in [-0.2, 0) is 14.3 Å². The van der Waals surface area contributed by atoms with Crippen LogP contribution in [0.1, 0.15) is 239 Å². The number of carbonyl (C=O) groups excluding carboxylic acids is 2. The summed E-state index contributed by atoms with van der Waals surface area (Å²) in [4.78, 5) is 24.4. The Kier molecular flexibility index (Phi) is 44.7. The fourth-order valence-electron chi connectivity index (χ4n) is 7.08. The molecule has 0 heterocycles. The lowest BCUT2D eigenvalue weighted by molar-refractivity contribution is -0.143. The molecule has 332 valence electrons. The molecule has 3 N–H and O–H groups in total. The van der Waals surface area contributed by atoms with Crippen molar-refractivity contribution in [3.05, 3.63) is 48.6 Å². The first-order valence-electron chi connectivity index (χ1n) is 24.4. The third-order valence-corrected chi connectivity index (χ3v) is 10.9. The van der Waals surface area contributed by atoms with Crippen LogP contribution in [-0.4, -0.2) is 47.4 Å². The van der Waals surface area contributed by atoms with Gasteiger partial charge in [0.15, 0.2) is 0 Å². The van der Waals surface area contributed by atoms with Gasteiger partial charge in [0.05, 0.1) is 25.4 Å². The zero-order valence-corrected chi connectivity index (χ0v) is 37.6. The number of rotatable bonds is 44. The number of carbonyl (C=O) groups is 2. The van der Waals surface area contributed by atoms with Gasteiger partial charge in [-0.15, -0.1) is 0 Å². The summed E-state index contributed by atoms with van der Waals surface area (Å²) >= 11 is 0. The molecule has 0 aromatic carbocycles. The predicted molar refractivity (Wildman–Crippen MR) is 245 cm³/mol. The largest absolute Gasteiger partial charge is 0.466 e. The lowest BCUT2D eigenvalue weighted by atomic mass is 10.0. The lowest BCUT2D eigenvalue weighted by Gasteiger charge is -2.22. The van der Waals surface area contributed by atoms with Crippen LogP contribution in [0, 0.1) is 0 Å². The SMILES string of the molecule is CCC/C=C\C/C=C\CCCCCCCC(=O)OCCCCC/C=C\C=C/CCCCCCCCC(=O)NC(CO)C(O)CCCCCCCCCCCCCC. The molecule has 0 saturated carbocycles. The molecule has 0 aliphatic heterocycles. The van der Waals surface area contributed by atoms with E-state index >= 15 is 0 Å². The molecule has 0 aromatic rings. The van der Waals surface area contributed by atoms with Gasteiger partial charge in [-0.2, -0.15) is 0 Å².